The first-order valence-electron chi connectivity index (χ1n) is 5.30. The summed E-state index contributed by atoms with van der Waals surface area (Å²) < 4.78 is 5.11. The zero-order valence-electron chi connectivity index (χ0n) is 9.70. The molecule has 8 heteroatoms. The Morgan fingerprint density at radius 3 is 2.89 bits per heavy atom. The van der Waals surface area contributed by atoms with Crippen LogP contribution < -0.4 is 5.73 Å². The normalized spacial score (nSPS) is 23.3. The van der Waals surface area contributed by atoms with Crippen LogP contribution in [0.15, 0.2) is 5.38 Å². The summed E-state index contributed by atoms with van der Waals surface area (Å²) in [6, 6.07) is -0.870. The van der Waals surface area contributed by atoms with Crippen molar-refractivity contribution in [1.82, 2.24) is 9.88 Å². The number of aromatic nitrogens is 1. The number of amides is 1. The molecule has 1 aliphatic rings. The van der Waals surface area contributed by atoms with E-state index in [1.165, 1.54) is 17.4 Å². The number of carboxylic acids is 1. The lowest BCUT2D eigenvalue weighted by Gasteiger charge is -2.19. The number of carbonyl (C=O) groups is 2. The van der Waals surface area contributed by atoms with Crippen molar-refractivity contribution >= 4 is 28.3 Å². The van der Waals surface area contributed by atoms with Crippen molar-refractivity contribution in [2.45, 2.75) is 18.6 Å². The minimum absolute atomic E-state index is 0.181. The second-order valence-corrected chi connectivity index (χ2v) is 4.87. The lowest BCUT2D eigenvalue weighted by atomic mass is 10.2. The molecule has 0 aliphatic carbocycles. The topological polar surface area (TPSA) is 106 Å². The van der Waals surface area contributed by atoms with E-state index < -0.39 is 17.9 Å². The number of hydrogen-bond acceptors (Lipinski definition) is 6. The summed E-state index contributed by atoms with van der Waals surface area (Å²) in [5.41, 5.74) is 5.64. The van der Waals surface area contributed by atoms with E-state index in [1.54, 1.807) is 0 Å². The van der Waals surface area contributed by atoms with Gasteiger partial charge in [0.15, 0.2) is 5.13 Å². The highest BCUT2D eigenvalue weighted by molar-refractivity contribution is 7.13. The van der Waals surface area contributed by atoms with Crippen molar-refractivity contribution in [3.8, 4) is 0 Å². The molecule has 0 bridgehead atoms. The van der Waals surface area contributed by atoms with Gasteiger partial charge in [-0.05, 0) is 0 Å². The molecule has 1 amide bonds. The lowest BCUT2D eigenvalue weighted by Crippen LogP contribution is -2.40. The average Bonchev–Trinajstić information content (AvgIpc) is 2.93. The van der Waals surface area contributed by atoms with E-state index in [9.17, 15) is 9.59 Å². The van der Waals surface area contributed by atoms with Gasteiger partial charge in [-0.2, -0.15) is 0 Å². The zero-order chi connectivity index (χ0) is 13.3. The molecular weight excluding hydrogens is 258 g/mol. The van der Waals surface area contributed by atoms with E-state index in [4.69, 9.17) is 15.6 Å². The molecule has 2 atom stereocenters. The molecule has 1 aromatic heterocycles. The Bertz CT molecular complexity index is 475. The minimum atomic E-state index is -1.04. The number of carbonyl (C=O) groups excluding carboxylic acids is 1. The molecule has 1 aliphatic heterocycles. The molecule has 2 rings (SSSR count). The van der Waals surface area contributed by atoms with Gasteiger partial charge in [0.2, 0.25) is 0 Å². The number of hydrogen-bond donors (Lipinski definition) is 2. The minimum Gasteiger partial charge on any atom is -0.480 e. The number of carboxylic acid groups (broad SMARTS) is 1. The number of nitrogens with two attached hydrogens (primary N) is 1. The molecule has 3 N–H and O–H groups in total. The summed E-state index contributed by atoms with van der Waals surface area (Å²) in [6.07, 6.45) is 0.0306. The molecule has 7 nitrogen and oxygen atoms in total. The number of aliphatic carboxylic acids is 1. The van der Waals surface area contributed by atoms with Crippen LogP contribution in [0, 0.1) is 0 Å². The average molecular weight is 271 g/mol. The largest absolute Gasteiger partial charge is 0.480 e. The molecule has 0 radical (unpaired) electrons. The second kappa shape index (κ2) is 4.91. The van der Waals surface area contributed by atoms with Gasteiger partial charge in [0.1, 0.15) is 11.7 Å². The van der Waals surface area contributed by atoms with Crippen LogP contribution in [0.4, 0.5) is 5.13 Å². The van der Waals surface area contributed by atoms with Crippen molar-refractivity contribution < 1.29 is 19.4 Å². The first kappa shape index (κ1) is 12.8. The molecule has 0 aromatic carbocycles. The summed E-state index contributed by atoms with van der Waals surface area (Å²) in [5.74, 6) is -1.46. The van der Waals surface area contributed by atoms with Crippen molar-refractivity contribution in [3.05, 3.63) is 11.1 Å². The van der Waals surface area contributed by atoms with Gasteiger partial charge in [0, 0.05) is 25.5 Å². The van der Waals surface area contributed by atoms with Gasteiger partial charge in [-0.15, -0.1) is 11.3 Å². The van der Waals surface area contributed by atoms with E-state index in [2.05, 4.69) is 4.98 Å². The third-order valence-corrected chi connectivity index (χ3v) is 3.56. The zero-order valence-corrected chi connectivity index (χ0v) is 10.5. The van der Waals surface area contributed by atoms with Crippen molar-refractivity contribution in [1.29, 1.82) is 0 Å². The van der Waals surface area contributed by atoms with Gasteiger partial charge in [-0.1, -0.05) is 0 Å². The Morgan fingerprint density at radius 1 is 1.67 bits per heavy atom. The van der Waals surface area contributed by atoms with E-state index >= 15 is 0 Å². The monoisotopic (exact) mass is 271 g/mol. The summed E-state index contributed by atoms with van der Waals surface area (Å²) in [5, 5.41) is 10.9. The highest BCUT2D eigenvalue weighted by atomic mass is 32.1. The SMILES string of the molecule is COC1CC(C(=O)O)N(C(=O)c2csc(N)n2)C1. The number of methoxy groups -OCH3 is 1. The molecule has 0 saturated carbocycles. The van der Waals surface area contributed by atoms with E-state index in [0.717, 1.165) is 11.3 Å². The number of nitrogen functional groups attached to an aromatic ring is 1. The molecule has 0 spiro atoms. The Labute approximate surface area is 107 Å². The summed E-state index contributed by atoms with van der Waals surface area (Å²) >= 11 is 1.15. The smallest absolute Gasteiger partial charge is 0.326 e. The predicted molar refractivity (Wildman–Crippen MR) is 64.4 cm³/mol. The van der Waals surface area contributed by atoms with Crippen LogP contribution in [-0.2, 0) is 9.53 Å². The maximum absolute atomic E-state index is 12.1. The lowest BCUT2D eigenvalue weighted by molar-refractivity contribution is -0.141. The number of likely N-dealkylation sites (tertiary alicyclic amines) is 1. The Hall–Kier alpha value is -1.67. The number of ether oxygens (including phenoxy) is 1. The van der Waals surface area contributed by atoms with Crippen LogP contribution in [0.5, 0.6) is 0 Å². The fourth-order valence-corrected chi connectivity index (χ4v) is 2.50. The van der Waals surface area contributed by atoms with Crippen LogP contribution in [0.3, 0.4) is 0 Å². The van der Waals surface area contributed by atoms with Gasteiger partial charge in [0.25, 0.3) is 5.91 Å². The Kier molecular flexibility index (Phi) is 3.48. The Morgan fingerprint density at radius 2 is 2.39 bits per heavy atom. The summed E-state index contributed by atoms with van der Waals surface area (Å²) in [4.78, 5) is 28.4. The fraction of sp³-hybridized carbons (Fsp3) is 0.500. The van der Waals surface area contributed by atoms with Crippen molar-refractivity contribution in [3.63, 3.8) is 0 Å². The number of rotatable bonds is 3. The predicted octanol–water partition coefficient (Wildman–Crippen LogP) is 0.0394. The maximum Gasteiger partial charge on any atom is 0.326 e. The molecule has 1 aromatic rings. The van der Waals surface area contributed by atoms with Crippen LogP contribution in [0.25, 0.3) is 0 Å². The second-order valence-electron chi connectivity index (χ2n) is 3.98. The Balaban J connectivity index is 2.20. The van der Waals surface area contributed by atoms with Crippen molar-refractivity contribution in [2.75, 3.05) is 19.4 Å². The molecular formula is C10H13N3O4S. The summed E-state index contributed by atoms with van der Waals surface area (Å²) in [6.45, 7) is 0.254. The molecule has 2 heterocycles. The van der Waals surface area contributed by atoms with Gasteiger partial charge in [0.05, 0.1) is 6.10 Å². The highest BCUT2D eigenvalue weighted by Crippen LogP contribution is 2.23. The first-order chi connectivity index (χ1) is 8.52. The third-order valence-electron chi connectivity index (χ3n) is 2.88. The third kappa shape index (κ3) is 2.29. The molecule has 98 valence electrons. The fourth-order valence-electron chi connectivity index (χ4n) is 1.96. The quantitative estimate of drug-likeness (QED) is 0.804. The number of thiazole rings is 1. The van der Waals surface area contributed by atoms with Gasteiger partial charge in [-0.25, -0.2) is 9.78 Å². The van der Waals surface area contributed by atoms with Crippen molar-refractivity contribution in [2.24, 2.45) is 0 Å². The number of anilines is 1. The van der Waals surface area contributed by atoms with Gasteiger partial charge < -0.3 is 20.5 Å². The molecule has 1 saturated heterocycles. The van der Waals surface area contributed by atoms with Crippen LogP contribution in [0.2, 0.25) is 0 Å². The van der Waals surface area contributed by atoms with E-state index in [1.807, 2.05) is 0 Å². The maximum atomic E-state index is 12.1. The summed E-state index contributed by atoms with van der Waals surface area (Å²) in [7, 11) is 1.50. The van der Waals surface area contributed by atoms with Crippen LogP contribution >= 0.6 is 11.3 Å². The van der Waals surface area contributed by atoms with Gasteiger partial charge in [-0.3, -0.25) is 4.79 Å². The molecule has 2 unspecified atom stereocenters. The number of nitrogens with zero attached hydrogens (tertiary/aromatic N) is 2. The van der Waals surface area contributed by atoms with E-state index in [-0.39, 0.29) is 29.9 Å². The van der Waals surface area contributed by atoms with Crippen LogP contribution in [-0.4, -0.2) is 52.7 Å². The van der Waals surface area contributed by atoms with E-state index in [0.29, 0.717) is 0 Å². The van der Waals surface area contributed by atoms with Crippen LogP contribution in [0.1, 0.15) is 16.9 Å². The molecule has 18 heavy (non-hydrogen) atoms. The van der Waals surface area contributed by atoms with Gasteiger partial charge >= 0.3 is 5.97 Å². The first-order valence-corrected chi connectivity index (χ1v) is 6.18. The highest BCUT2D eigenvalue weighted by Gasteiger charge is 2.40. The standard InChI is InChI=1S/C10H13N3O4S/c1-17-5-2-7(9(15)16)13(3-5)8(14)6-4-18-10(11)12-6/h4-5,7H,2-3H2,1H3,(H2,11,12)(H,15,16). The molecule has 1 fully saturated rings.